The van der Waals surface area contributed by atoms with E-state index in [9.17, 15) is 5.11 Å². The van der Waals surface area contributed by atoms with Crippen LogP contribution in [-0.4, -0.2) is 10.9 Å². The van der Waals surface area contributed by atoms with Crippen molar-refractivity contribution >= 4 is 11.8 Å². The van der Waals surface area contributed by atoms with Gasteiger partial charge in [-0.1, -0.05) is 24.3 Å². The van der Waals surface area contributed by atoms with Gasteiger partial charge in [-0.25, -0.2) is 0 Å². The first-order chi connectivity index (χ1) is 8.81. The van der Waals surface area contributed by atoms with E-state index >= 15 is 0 Å². The summed E-state index contributed by atoms with van der Waals surface area (Å²) in [6, 6.07) is 13.7. The molecule has 2 atom stereocenters. The van der Waals surface area contributed by atoms with E-state index in [1.807, 2.05) is 18.2 Å². The zero-order valence-corrected chi connectivity index (χ0v) is 10.8. The van der Waals surface area contributed by atoms with Crippen LogP contribution in [0.15, 0.2) is 70.7 Å². The Morgan fingerprint density at radius 1 is 1.22 bits per heavy atom. The highest BCUT2D eigenvalue weighted by Gasteiger charge is 2.20. The Hall–Kier alpha value is -1.45. The molecule has 1 aromatic carbocycles. The van der Waals surface area contributed by atoms with Gasteiger partial charge in [-0.3, -0.25) is 0 Å². The zero-order chi connectivity index (χ0) is 12.8. The summed E-state index contributed by atoms with van der Waals surface area (Å²) in [6.45, 7) is 3.79. The average Bonchev–Trinajstić information content (AvgIpc) is 2.94. The van der Waals surface area contributed by atoms with Gasteiger partial charge in [0.1, 0.15) is 11.9 Å². The van der Waals surface area contributed by atoms with E-state index < -0.39 is 6.10 Å². The summed E-state index contributed by atoms with van der Waals surface area (Å²) in [6.07, 6.45) is 2.72. The second kappa shape index (κ2) is 6.47. The molecule has 18 heavy (non-hydrogen) atoms. The van der Waals surface area contributed by atoms with Gasteiger partial charge in [0, 0.05) is 16.6 Å². The second-order valence-electron chi connectivity index (χ2n) is 3.98. The van der Waals surface area contributed by atoms with Gasteiger partial charge in [-0.2, -0.15) is 0 Å². The van der Waals surface area contributed by atoms with Crippen molar-refractivity contribution in [1.29, 1.82) is 0 Å². The third-order valence-corrected chi connectivity index (χ3v) is 3.89. The molecule has 0 spiro atoms. The average molecular weight is 260 g/mol. The highest BCUT2D eigenvalue weighted by molar-refractivity contribution is 7.99. The van der Waals surface area contributed by atoms with Crippen LogP contribution >= 0.6 is 11.8 Å². The lowest BCUT2D eigenvalue weighted by Crippen LogP contribution is -2.12. The van der Waals surface area contributed by atoms with Crippen molar-refractivity contribution in [3.63, 3.8) is 0 Å². The molecule has 0 radical (unpaired) electrons. The predicted octanol–water partition coefficient (Wildman–Crippen LogP) is 3.91. The number of thioether (sulfide) groups is 1. The van der Waals surface area contributed by atoms with E-state index in [0.29, 0.717) is 5.76 Å². The molecule has 3 heteroatoms. The lowest BCUT2D eigenvalue weighted by molar-refractivity contribution is 0.116. The first-order valence-corrected chi connectivity index (χ1v) is 6.81. The number of hydrogen-bond acceptors (Lipinski definition) is 3. The monoisotopic (exact) mass is 260 g/mol. The van der Waals surface area contributed by atoms with Gasteiger partial charge in [0.25, 0.3) is 0 Å². The van der Waals surface area contributed by atoms with E-state index in [-0.39, 0.29) is 5.92 Å². The van der Waals surface area contributed by atoms with Crippen LogP contribution in [0.3, 0.4) is 0 Å². The second-order valence-corrected chi connectivity index (χ2v) is 5.08. The van der Waals surface area contributed by atoms with E-state index in [2.05, 4.69) is 18.7 Å². The van der Waals surface area contributed by atoms with Crippen LogP contribution in [0.1, 0.15) is 11.9 Å². The Labute approximate surface area is 111 Å². The topological polar surface area (TPSA) is 33.4 Å². The van der Waals surface area contributed by atoms with E-state index in [1.165, 1.54) is 4.90 Å². The Kier molecular flexibility index (Phi) is 4.67. The van der Waals surface area contributed by atoms with Crippen LogP contribution < -0.4 is 0 Å². The number of hydrogen-bond donors (Lipinski definition) is 1. The first kappa shape index (κ1) is 13.0. The SMILES string of the molecule is C=C[C@@H](CSc1ccccc1)[C@@H](O)c1ccco1. The summed E-state index contributed by atoms with van der Waals surface area (Å²) < 4.78 is 5.22. The molecule has 0 bridgehead atoms. The van der Waals surface area contributed by atoms with E-state index in [1.54, 1.807) is 36.2 Å². The van der Waals surface area contributed by atoms with Crippen molar-refractivity contribution in [1.82, 2.24) is 0 Å². The Morgan fingerprint density at radius 2 is 2.00 bits per heavy atom. The zero-order valence-electron chi connectivity index (χ0n) is 10.0. The number of rotatable bonds is 6. The molecule has 1 N–H and O–H groups in total. The normalized spacial score (nSPS) is 14.1. The molecule has 2 nitrogen and oxygen atoms in total. The fourth-order valence-electron chi connectivity index (χ4n) is 1.67. The summed E-state index contributed by atoms with van der Waals surface area (Å²) >= 11 is 1.71. The molecule has 0 amide bonds. The quantitative estimate of drug-likeness (QED) is 0.631. The standard InChI is InChI=1S/C15H16O2S/c1-2-12(15(16)14-9-6-10-17-14)11-18-13-7-4-3-5-8-13/h2-10,12,15-16H,1,11H2/t12-,15+/m0/s1. The minimum atomic E-state index is -0.631. The van der Waals surface area contributed by atoms with Crippen LogP contribution in [-0.2, 0) is 0 Å². The fraction of sp³-hybridized carbons (Fsp3) is 0.200. The molecular formula is C15H16O2S. The summed E-state index contributed by atoms with van der Waals surface area (Å²) in [4.78, 5) is 1.19. The lowest BCUT2D eigenvalue weighted by atomic mass is 10.0. The van der Waals surface area contributed by atoms with Gasteiger partial charge in [0.2, 0.25) is 0 Å². The molecule has 2 aromatic rings. The minimum Gasteiger partial charge on any atom is -0.467 e. The van der Waals surface area contributed by atoms with Gasteiger partial charge in [-0.05, 0) is 24.3 Å². The number of furan rings is 1. The largest absolute Gasteiger partial charge is 0.467 e. The number of aliphatic hydroxyl groups is 1. The minimum absolute atomic E-state index is 0.0265. The first-order valence-electron chi connectivity index (χ1n) is 5.83. The van der Waals surface area contributed by atoms with Gasteiger partial charge in [-0.15, -0.1) is 18.3 Å². The molecule has 0 fully saturated rings. The van der Waals surface area contributed by atoms with Crippen molar-refractivity contribution in [2.45, 2.75) is 11.0 Å². The molecule has 0 saturated carbocycles. The van der Waals surface area contributed by atoms with Crippen LogP contribution in [0.4, 0.5) is 0 Å². The van der Waals surface area contributed by atoms with Crippen molar-refractivity contribution in [3.05, 3.63) is 67.1 Å². The molecular weight excluding hydrogens is 244 g/mol. The molecule has 1 aromatic heterocycles. The third-order valence-electron chi connectivity index (χ3n) is 2.73. The maximum absolute atomic E-state index is 10.2. The fourth-order valence-corrected chi connectivity index (χ4v) is 2.72. The lowest BCUT2D eigenvalue weighted by Gasteiger charge is -2.17. The van der Waals surface area contributed by atoms with Crippen molar-refractivity contribution < 1.29 is 9.52 Å². The Balaban J connectivity index is 1.96. The maximum Gasteiger partial charge on any atom is 0.132 e. The molecule has 0 aliphatic carbocycles. The van der Waals surface area contributed by atoms with Gasteiger partial charge in [0.05, 0.1) is 6.26 Å². The van der Waals surface area contributed by atoms with Gasteiger partial charge >= 0.3 is 0 Å². The summed E-state index contributed by atoms with van der Waals surface area (Å²) in [5, 5.41) is 10.2. The maximum atomic E-state index is 10.2. The highest BCUT2D eigenvalue weighted by Crippen LogP contribution is 2.29. The van der Waals surface area contributed by atoms with Crippen LogP contribution in [0.2, 0.25) is 0 Å². The molecule has 0 aliphatic rings. The molecule has 0 saturated heterocycles. The molecule has 0 aliphatic heterocycles. The summed E-state index contributed by atoms with van der Waals surface area (Å²) in [5.74, 6) is 1.34. The molecule has 0 unspecified atom stereocenters. The van der Waals surface area contributed by atoms with E-state index in [4.69, 9.17) is 4.42 Å². The Bertz CT molecular complexity index is 465. The van der Waals surface area contributed by atoms with Crippen LogP contribution in [0, 0.1) is 5.92 Å². The van der Waals surface area contributed by atoms with E-state index in [0.717, 1.165) is 5.75 Å². The molecule has 94 valence electrons. The number of benzene rings is 1. The Morgan fingerprint density at radius 3 is 2.61 bits per heavy atom. The van der Waals surface area contributed by atoms with Crippen molar-refractivity contribution in [3.8, 4) is 0 Å². The van der Waals surface area contributed by atoms with Crippen LogP contribution in [0.25, 0.3) is 0 Å². The number of aliphatic hydroxyl groups excluding tert-OH is 1. The molecule has 2 rings (SSSR count). The molecule has 1 heterocycles. The van der Waals surface area contributed by atoms with Gasteiger partial charge in [0.15, 0.2) is 0 Å². The predicted molar refractivity (Wildman–Crippen MR) is 74.5 cm³/mol. The highest BCUT2D eigenvalue weighted by atomic mass is 32.2. The van der Waals surface area contributed by atoms with Crippen molar-refractivity contribution in [2.24, 2.45) is 5.92 Å². The van der Waals surface area contributed by atoms with Crippen LogP contribution in [0.5, 0.6) is 0 Å². The smallest absolute Gasteiger partial charge is 0.132 e. The van der Waals surface area contributed by atoms with Crippen molar-refractivity contribution in [2.75, 3.05) is 5.75 Å². The summed E-state index contributed by atoms with van der Waals surface area (Å²) in [7, 11) is 0. The third kappa shape index (κ3) is 3.28. The van der Waals surface area contributed by atoms with Gasteiger partial charge < -0.3 is 9.52 Å². The summed E-state index contributed by atoms with van der Waals surface area (Å²) in [5.41, 5.74) is 0.